The molecule has 0 aliphatic heterocycles. The third kappa shape index (κ3) is 9.73. The summed E-state index contributed by atoms with van der Waals surface area (Å²) in [6.45, 7) is 21.9. The maximum Gasteiger partial charge on any atom is 0.182 e. The Morgan fingerprint density at radius 3 is 2.37 bits per heavy atom. The number of hydrogen-bond donors (Lipinski definition) is 1. The zero-order chi connectivity index (χ0) is 20.8. The SMILES string of the molecule is C#CC(=N/C=C\C(=C)/C(C#CC)=C/C=C\C)N/C(=C/C(=C)C(C)C)C(=C)C. The summed E-state index contributed by atoms with van der Waals surface area (Å²) in [5, 5.41) is 3.13. The van der Waals surface area contributed by atoms with E-state index in [0.717, 1.165) is 28.0 Å². The highest BCUT2D eigenvalue weighted by Gasteiger charge is 2.04. The van der Waals surface area contributed by atoms with Crippen LogP contribution >= 0.6 is 0 Å². The van der Waals surface area contributed by atoms with Gasteiger partial charge in [0.05, 0.1) is 0 Å². The molecule has 0 unspecified atom stereocenters. The molecule has 0 aliphatic rings. The van der Waals surface area contributed by atoms with Crippen molar-refractivity contribution in [1.29, 1.82) is 0 Å². The van der Waals surface area contributed by atoms with Gasteiger partial charge in [-0.05, 0) is 62.0 Å². The van der Waals surface area contributed by atoms with Crippen LogP contribution in [0.15, 0.2) is 89.3 Å². The number of nitrogens with zero attached hydrogens (tertiary/aromatic N) is 1. The summed E-state index contributed by atoms with van der Waals surface area (Å²) in [5.74, 6) is 9.16. The van der Waals surface area contributed by atoms with Crippen LogP contribution in [0.3, 0.4) is 0 Å². The first-order valence-corrected chi connectivity index (χ1v) is 8.76. The van der Waals surface area contributed by atoms with Gasteiger partial charge < -0.3 is 5.32 Å². The van der Waals surface area contributed by atoms with E-state index >= 15 is 0 Å². The molecule has 0 aromatic rings. The molecule has 0 atom stereocenters. The molecule has 0 radical (unpaired) electrons. The molecule has 0 bridgehead atoms. The normalized spacial score (nSPS) is 12.7. The fraction of sp³-hybridized carbons (Fsp3) is 0.240. The quantitative estimate of drug-likeness (QED) is 0.249. The van der Waals surface area contributed by atoms with Gasteiger partial charge in [-0.1, -0.05) is 57.2 Å². The van der Waals surface area contributed by atoms with Crippen molar-refractivity contribution in [2.24, 2.45) is 10.9 Å². The monoisotopic (exact) mass is 358 g/mol. The first-order chi connectivity index (χ1) is 12.8. The molecule has 0 saturated heterocycles. The molecule has 0 saturated carbocycles. The van der Waals surface area contributed by atoms with Gasteiger partial charge in [0.1, 0.15) is 0 Å². The minimum atomic E-state index is 0.331. The van der Waals surface area contributed by atoms with Gasteiger partial charge in [-0.3, -0.25) is 0 Å². The van der Waals surface area contributed by atoms with E-state index in [1.54, 1.807) is 19.2 Å². The molecule has 0 aliphatic carbocycles. The Balaban J connectivity index is 5.46. The van der Waals surface area contributed by atoms with Gasteiger partial charge in [0, 0.05) is 17.5 Å². The molecule has 140 valence electrons. The molecule has 2 nitrogen and oxygen atoms in total. The Bertz CT molecular complexity index is 820. The standard InChI is InChI=1S/C25H30N2/c1-10-13-15-23(14-11-2)21(8)16-17-26-25(12-3)27-24(20(6)7)18-22(9)19(4)5/h3,10,13,15-19H,6,8-9H2,1-2,4-5,7H3,(H,26,27)/b13-10-,17-16-,23-15+,24-18+. The number of terminal acetylenes is 1. The van der Waals surface area contributed by atoms with Crippen LogP contribution in [0.5, 0.6) is 0 Å². The van der Waals surface area contributed by atoms with Crippen LogP contribution in [0.1, 0.15) is 34.6 Å². The van der Waals surface area contributed by atoms with E-state index in [9.17, 15) is 0 Å². The average Bonchev–Trinajstić information content (AvgIpc) is 2.62. The van der Waals surface area contributed by atoms with Crippen molar-refractivity contribution in [3.05, 3.63) is 84.3 Å². The Hall–Kier alpha value is -3.23. The summed E-state index contributed by atoms with van der Waals surface area (Å²) in [5.41, 5.74) is 4.21. The summed E-state index contributed by atoms with van der Waals surface area (Å²) >= 11 is 0. The molecule has 0 rings (SSSR count). The van der Waals surface area contributed by atoms with Gasteiger partial charge in [-0.15, -0.1) is 12.3 Å². The van der Waals surface area contributed by atoms with Gasteiger partial charge in [0.25, 0.3) is 0 Å². The Morgan fingerprint density at radius 1 is 1.22 bits per heavy atom. The fourth-order valence-electron chi connectivity index (χ4n) is 1.70. The molecule has 0 aromatic carbocycles. The minimum absolute atomic E-state index is 0.331. The van der Waals surface area contributed by atoms with E-state index in [1.807, 2.05) is 38.2 Å². The van der Waals surface area contributed by atoms with Crippen molar-refractivity contribution in [3.63, 3.8) is 0 Å². The van der Waals surface area contributed by atoms with Crippen molar-refractivity contribution in [1.82, 2.24) is 5.32 Å². The number of rotatable bonds is 8. The second-order valence-electron chi connectivity index (χ2n) is 6.14. The van der Waals surface area contributed by atoms with Crippen molar-refractivity contribution in [2.45, 2.75) is 34.6 Å². The fourth-order valence-corrected chi connectivity index (χ4v) is 1.70. The van der Waals surface area contributed by atoms with Gasteiger partial charge in [0.15, 0.2) is 5.84 Å². The van der Waals surface area contributed by atoms with Crippen molar-refractivity contribution < 1.29 is 0 Å². The lowest BCUT2D eigenvalue weighted by atomic mass is 10.0. The van der Waals surface area contributed by atoms with E-state index in [-0.39, 0.29) is 0 Å². The molecule has 0 fully saturated rings. The predicted octanol–water partition coefficient (Wildman–Crippen LogP) is 5.88. The Labute approximate surface area is 165 Å². The minimum Gasteiger partial charge on any atom is -0.333 e. The molecular formula is C25H30N2. The van der Waals surface area contributed by atoms with Crippen molar-refractivity contribution in [2.75, 3.05) is 0 Å². The smallest absolute Gasteiger partial charge is 0.182 e. The van der Waals surface area contributed by atoms with Crippen LogP contribution in [-0.4, -0.2) is 5.84 Å². The van der Waals surface area contributed by atoms with Crippen LogP contribution in [0.25, 0.3) is 0 Å². The van der Waals surface area contributed by atoms with Crippen molar-refractivity contribution >= 4 is 5.84 Å². The molecule has 0 amide bonds. The van der Waals surface area contributed by atoms with Gasteiger partial charge >= 0.3 is 0 Å². The van der Waals surface area contributed by atoms with Crippen molar-refractivity contribution in [3.8, 4) is 24.2 Å². The summed E-state index contributed by atoms with van der Waals surface area (Å²) in [7, 11) is 0. The van der Waals surface area contributed by atoms with E-state index in [1.165, 1.54) is 0 Å². The van der Waals surface area contributed by atoms with Crippen LogP contribution in [0.2, 0.25) is 0 Å². The second kappa shape index (κ2) is 13.0. The van der Waals surface area contributed by atoms with Crippen LogP contribution in [0.4, 0.5) is 0 Å². The lowest BCUT2D eigenvalue weighted by Gasteiger charge is -2.12. The van der Waals surface area contributed by atoms with E-state index < -0.39 is 0 Å². The summed E-state index contributed by atoms with van der Waals surface area (Å²) < 4.78 is 0. The number of amidine groups is 1. The zero-order valence-corrected chi connectivity index (χ0v) is 17.2. The average molecular weight is 359 g/mol. The zero-order valence-electron chi connectivity index (χ0n) is 17.2. The van der Waals surface area contributed by atoms with E-state index in [2.05, 4.69) is 61.7 Å². The van der Waals surface area contributed by atoms with Gasteiger partial charge in [-0.25, -0.2) is 4.99 Å². The number of nitrogens with one attached hydrogen (secondary N) is 1. The molecule has 0 aromatic heterocycles. The van der Waals surface area contributed by atoms with E-state index in [4.69, 9.17) is 6.42 Å². The second-order valence-corrected chi connectivity index (χ2v) is 6.14. The Morgan fingerprint density at radius 2 is 1.89 bits per heavy atom. The molecule has 2 heteroatoms. The summed E-state index contributed by atoms with van der Waals surface area (Å²) in [6.07, 6.45) is 16.7. The van der Waals surface area contributed by atoms with Gasteiger partial charge in [-0.2, -0.15) is 0 Å². The lowest BCUT2D eigenvalue weighted by molar-refractivity contribution is 0.792. The highest BCUT2D eigenvalue weighted by Crippen LogP contribution is 2.14. The van der Waals surface area contributed by atoms with Gasteiger partial charge in [0.2, 0.25) is 0 Å². The third-order valence-corrected chi connectivity index (χ3v) is 3.46. The van der Waals surface area contributed by atoms with E-state index in [0.29, 0.717) is 11.8 Å². The maximum absolute atomic E-state index is 5.58. The summed E-state index contributed by atoms with van der Waals surface area (Å²) in [4.78, 5) is 4.30. The predicted molar refractivity (Wildman–Crippen MR) is 121 cm³/mol. The number of hydrogen-bond acceptors (Lipinski definition) is 1. The molecule has 1 N–H and O–H groups in total. The van der Waals surface area contributed by atoms with Crippen LogP contribution < -0.4 is 5.32 Å². The molecule has 0 heterocycles. The number of allylic oxidation sites excluding steroid dienone is 9. The number of aliphatic imine (C=N–C) groups is 1. The summed E-state index contributed by atoms with van der Waals surface area (Å²) in [6, 6.07) is 0. The molecule has 0 spiro atoms. The highest BCUT2D eigenvalue weighted by molar-refractivity contribution is 5.99. The van der Waals surface area contributed by atoms with Crippen LogP contribution in [0, 0.1) is 30.1 Å². The first kappa shape index (κ1) is 23.8. The third-order valence-electron chi connectivity index (χ3n) is 3.46. The van der Waals surface area contributed by atoms with Crippen LogP contribution in [-0.2, 0) is 0 Å². The maximum atomic E-state index is 5.58. The lowest BCUT2D eigenvalue weighted by Crippen LogP contribution is -2.21. The Kier molecular flexibility index (Phi) is 11.5. The highest BCUT2D eigenvalue weighted by atomic mass is 15.0. The molecular weight excluding hydrogens is 328 g/mol. The molecule has 27 heavy (non-hydrogen) atoms. The topological polar surface area (TPSA) is 24.4 Å². The largest absolute Gasteiger partial charge is 0.333 e. The first-order valence-electron chi connectivity index (χ1n) is 8.76.